The van der Waals surface area contributed by atoms with Crippen LogP contribution in [0.1, 0.15) is 29.4 Å². The number of nitrogens with one attached hydrogen (secondary N) is 1. The molecule has 106 valence electrons. The summed E-state index contributed by atoms with van der Waals surface area (Å²) >= 11 is 0. The molecule has 1 saturated heterocycles. The summed E-state index contributed by atoms with van der Waals surface area (Å²) < 4.78 is 0. The summed E-state index contributed by atoms with van der Waals surface area (Å²) in [5, 5.41) is 2.23. The highest BCUT2D eigenvalue weighted by Gasteiger charge is 2.36. The second-order valence-electron chi connectivity index (χ2n) is 4.67. The van der Waals surface area contributed by atoms with Gasteiger partial charge < -0.3 is 10.6 Å². The predicted molar refractivity (Wildman–Crippen MR) is 71.7 cm³/mol. The number of piperazine rings is 1. The van der Waals surface area contributed by atoms with E-state index in [0.717, 1.165) is 0 Å². The second kappa shape index (κ2) is 5.28. The first kappa shape index (κ1) is 14.0. The highest BCUT2D eigenvalue weighted by Crippen LogP contribution is 2.17. The number of aromatic nitrogens is 1. The molecule has 1 aliphatic rings. The number of nitrogens with two attached hydrogens (primary N) is 1. The summed E-state index contributed by atoms with van der Waals surface area (Å²) in [6, 6.07) is 0.856. The summed E-state index contributed by atoms with van der Waals surface area (Å²) in [4.78, 5) is 41.1. The van der Waals surface area contributed by atoms with Crippen LogP contribution in [0.25, 0.3) is 0 Å². The van der Waals surface area contributed by atoms with Crippen LogP contribution in [0, 0.1) is 6.92 Å². The van der Waals surface area contributed by atoms with E-state index in [2.05, 4.69) is 10.3 Å². The maximum Gasteiger partial charge on any atom is 0.256 e. The molecule has 1 fully saturated rings. The van der Waals surface area contributed by atoms with Gasteiger partial charge in [-0.3, -0.25) is 24.7 Å². The average Bonchev–Trinajstić information content (AvgIpc) is 2.40. The number of imide groups is 1. The maximum absolute atomic E-state index is 12.5. The fourth-order valence-corrected chi connectivity index (χ4v) is 2.21. The maximum atomic E-state index is 12.5. The fraction of sp³-hybridized carbons (Fsp3) is 0.385. The minimum absolute atomic E-state index is 0.142. The van der Waals surface area contributed by atoms with Crippen molar-refractivity contribution in [1.82, 2.24) is 15.2 Å². The van der Waals surface area contributed by atoms with E-state index < -0.39 is 23.8 Å². The van der Waals surface area contributed by atoms with E-state index in [1.165, 1.54) is 17.2 Å². The van der Waals surface area contributed by atoms with Gasteiger partial charge in [0.05, 0.1) is 23.1 Å². The topological polar surface area (TPSA) is 105 Å². The van der Waals surface area contributed by atoms with Gasteiger partial charge in [0.2, 0.25) is 11.8 Å². The van der Waals surface area contributed by atoms with Gasteiger partial charge in [-0.1, -0.05) is 6.92 Å². The van der Waals surface area contributed by atoms with Crippen LogP contribution in [0.4, 0.5) is 5.69 Å². The van der Waals surface area contributed by atoms with Gasteiger partial charge in [-0.2, -0.15) is 0 Å². The van der Waals surface area contributed by atoms with Crippen molar-refractivity contribution in [3.8, 4) is 0 Å². The Morgan fingerprint density at radius 2 is 2.25 bits per heavy atom. The van der Waals surface area contributed by atoms with E-state index in [4.69, 9.17) is 5.73 Å². The van der Waals surface area contributed by atoms with Gasteiger partial charge in [-0.25, -0.2) is 0 Å². The van der Waals surface area contributed by atoms with Crippen molar-refractivity contribution in [3.05, 3.63) is 23.5 Å². The molecule has 7 nitrogen and oxygen atoms in total. The molecule has 2 rings (SSSR count). The lowest BCUT2D eigenvalue weighted by Crippen LogP contribution is -2.59. The average molecular weight is 276 g/mol. The van der Waals surface area contributed by atoms with Gasteiger partial charge in [0.25, 0.3) is 5.91 Å². The van der Waals surface area contributed by atoms with Crippen LogP contribution in [0.2, 0.25) is 0 Å². The van der Waals surface area contributed by atoms with Crippen molar-refractivity contribution in [2.75, 3.05) is 12.3 Å². The SMILES string of the molecule is CCC1C(=O)NC(=O)CN1C(=O)c1cc(N)cnc1C. The number of nitrogens with zero attached hydrogens (tertiary/aromatic N) is 2. The molecule has 0 aliphatic carbocycles. The van der Waals surface area contributed by atoms with E-state index in [1.807, 2.05) is 0 Å². The normalized spacial score (nSPS) is 18.9. The van der Waals surface area contributed by atoms with Gasteiger partial charge in [0.15, 0.2) is 0 Å². The molecule has 1 aromatic heterocycles. The molecule has 0 aromatic carbocycles. The van der Waals surface area contributed by atoms with Crippen molar-refractivity contribution >= 4 is 23.4 Å². The standard InChI is InChI=1S/C13H16N4O3/c1-3-10-12(19)16-11(18)6-17(10)13(20)9-4-8(14)5-15-7(9)2/h4-5,10H,3,6,14H2,1-2H3,(H,16,18,19). The quantitative estimate of drug-likeness (QED) is 0.731. The van der Waals surface area contributed by atoms with Crippen molar-refractivity contribution in [2.45, 2.75) is 26.3 Å². The minimum Gasteiger partial charge on any atom is -0.397 e. The summed E-state index contributed by atoms with van der Waals surface area (Å²) in [5.41, 5.74) is 6.82. The highest BCUT2D eigenvalue weighted by molar-refractivity contribution is 6.07. The van der Waals surface area contributed by atoms with Crippen LogP contribution < -0.4 is 11.1 Å². The predicted octanol–water partition coefficient (Wildman–Crippen LogP) is -0.151. The number of amides is 3. The van der Waals surface area contributed by atoms with Gasteiger partial charge in [0, 0.05) is 0 Å². The zero-order chi connectivity index (χ0) is 14.9. The molecular weight excluding hydrogens is 260 g/mol. The van der Waals surface area contributed by atoms with Crippen LogP contribution in [-0.4, -0.2) is 40.2 Å². The monoisotopic (exact) mass is 276 g/mol. The third-order valence-electron chi connectivity index (χ3n) is 3.24. The summed E-state index contributed by atoms with van der Waals surface area (Å²) in [5.74, 6) is -1.34. The molecule has 0 saturated carbocycles. The van der Waals surface area contributed by atoms with Crippen LogP contribution >= 0.6 is 0 Å². The van der Waals surface area contributed by atoms with Gasteiger partial charge in [0.1, 0.15) is 12.6 Å². The Balaban J connectivity index is 2.37. The van der Waals surface area contributed by atoms with E-state index in [1.54, 1.807) is 13.8 Å². The molecular formula is C13H16N4O3. The molecule has 3 N–H and O–H groups in total. The van der Waals surface area contributed by atoms with Crippen LogP contribution in [-0.2, 0) is 9.59 Å². The Hall–Kier alpha value is -2.44. The van der Waals surface area contributed by atoms with Crippen molar-refractivity contribution in [2.24, 2.45) is 0 Å². The zero-order valence-corrected chi connectivity index (χ0v) is 11.3. The number of rotatable bonds is 2. The van der Waals surface area contributed by atoms with Gasteiger partial charge in [-0.15, -0.1) is 0 Å². The van der Waals surface area contributed by atoms with Crippen molar-refractivity contribution < 1.29 is 14.4 Å². The number of nitrogen functional groups attached to an aromatic ring is 1. The third kappa shape index (κ3) is 2.47. The molecule has 0 radical (unpaired) electrons. The lowest BCUT2D eigenvalue weighted by molar-refractivity contribution is -0.138. The Morgan fingerprint density at radius 1 is 1.55 bits per heavy atom. The van der Waals surface area contributed by atoms with Crippen LogP contribution in [0.3, 0.4) is 0 Å². The molecule has 1 aromatic rings. The van der Waals surface area contributed by atoms with E-state index in [9.17, 15) is 14.4 Å². The number of carbonyl (C=O) groups is 3. The summed E-state index contributed by atoms with van der Waals surface area (Å²) in [7, 11) is 0. The second-order valence-corrected chi connectivity index (χ2v) is 4.67. The Labute approximate surface area is 116 Å². The van der Waals surface area contributed by atoms with E-state index in [0.29, 0.717) is 23.4 Å². The molecule has 0 spiro atoms. The molecule has 20 heavy (non-hydrogen) atoms. The van der Waals surface area contributed by atoms with Crippen LogP contribution in [0.5, 0.6) is 0 Å². The Morgan fingerprint density at radius 3 is 2.90 bits per heavy atom. The number of anilines is 1. The molecule has 1 unspecified atom stereocenters. The number of carbonyl (C=O) groups excluding carboxylic acids is 3. The number of hydrogen-bond donors (Lipinski definition) is 2. The molecule has 1 atom stereocenters. The zero-order valence-electron chi connectivity index (χ0n) is 11.3. The van der Waals surface area contributed by atoms with E-state index >= 15 is 0 Å². The molecule has 2 heterocycles. The molecule has 0 bridgehead atoms. The Bertz CT molecular complexity index is 585. The highest BCUT2D eigenvalue weighted by atomic mass is 16.2. The van der Waals surface area contributed by atoms with Gasteiger partial charge in [-0.05, 0) is 19.4 Å². The number of pyridine rings is 1. The number of hydrogen-bond acceptors (Lipinski definition) is 5. The summed E-state index contributed by atoms with van der Waals surface area (Å²) in [6.07, 6.45) is 1.89. The molecule has 1 aliphatic heterocycles. The Kier molecular flexibility index (Phi) is 3.69. The molecule has 3 amide bonds. The van der Waals surface area contributed by atoms with Crippen LogP contribution in [0.15, 0.2) is 12.3 Å². The first-order valence-corrected chi connectivity index (χ1v) is 6.30. The first-order chi connectivity index (χ1) is 9.43. The fourth-order valence-electron chi connectivity index (χ4n) is 2.21. The minimum atomic E-state index is -0.652. The number of aryl methyl sites for hydroxylation is 1. The summed E-state index contributed by atoms with van der Waals surface area (Å²) in [6.45, 7) is 3.32. The largest absolute Gasteiger partial charge is 0.397 e. The van der Waals surface area contributed by atoms with Crippen molar-refractivity contribution in [3.63, 3.8) is 0 Å². The first-order valence-electron chi connectivity index (χ1n) is 6.30. The van der Waals surface area contributed by atoms with E-state index in [-0.39, 0.29) is 6.54 Å². The lowest BCUT2D eigenvalue weighted by Gasteiger charge is -2.33. The molecule has 7 heteroatoms. The smallest absolute Gasteiger partial charge is 0.256 e. The third-order valence-corrected chi connectivity index (χ3v) is 3.24. The lowest BCUT2D eigenvalue weighted by atomic mass is 10.1. The van der Waals surface area contributed by atoms with Crippen molar-refractivity contribution in [1.29, 1.82) is 0 Å². The van der Waals surface area contributed by atoms with Gasteiger partial charge >= 0.3 is 0 Å².